The molecule has 6 aromatic heterocycles. The van der Waals surface area contributed by atoms with Crippen LogP contribution in [0.4, 0.5) is 0 Å². The number of rotatable bonds is 5. The van der Waals surface area contributed by atoms with Gasteiger partial charge in [-0.25, -0.2) is 9.97 Å². The molecule has 0 aliphatic carbocycles. The minimum absolute atomic E-state index is 0.894. The van der Waals surface area contributed by atoms with E-state index in [-0.39, 0.29) is 0 Å². The molecule has 0 atom stereocenters. The lowest BCUT2D eigenvalue weighted by Crippen LogP contribution is -1.99. The molecule has 0 spiro atoms. The van der Waals surface area contributed by atoms with Crippen molar-refractivity contribution in [1.82, 2.24) is 28.9 Å². The average molecular weight is 741 g/mol. The Kier molecular flexibility index (Phi) is 7.13. The number of aromatic nitrogens is 6. The maximum absolute atomic E-state index is 5.35. The zero-order valence-corrected chi connectivity index (χ0v) is 31.2. The van der Waals surface area contributed by atoms with E-state index in [9.17, 15) is 0 Å². The lowest BCUT2D eigenvalue weighted by Gasteiger charge is -2.14. The van der Waals surface area contributed by atoms with Crippen molar-refractivity contribution < 1.29 is 0 Å². The van der Waals surface area contributed by atoms with Crippen molar-refractivity contribution in [3.05, 3.63) is 195 Å². The van der Waals surface area contributed by atoms with Crippen molar-refractivity contribution in [3.63, 3.8) is 0 Å². The molecule has 58 heavy (non-hydrogen) atoms. The number of imidazole rings is 1. The molecular formula is C52H32N6. The third-order valence-corrected chi connectivity index (χ3v) is 11.5. The van der Waals surface area contributed by atoms with E-state index in [4.69, 9.17) is 9.97 Å². The molecule has 0 fully saturated rings. The first kappa shape index (κ1) is 32.3. The van der Waals surface area contributed by atoms with Gasteiger partial charge in [0.2, 0.25) is 0 Å². The smallest absolute Gasteiger partial charge is 0.146 e. The maximum atomic E-state index is 5.35. The third-order valence-electron chi connectivity index (χ3n) is 11.5. The fraction of sp³-hybridized carbons (Fsp3) is 0. The number of nitrogens with zero attached hydrogens (tertiary/aromatic N) is 6. The monoisotopic (exact) mass is 740 g/mol. The second kappa shape index (κ2) is 12.8. The molecule has 270 valence electrons. The third kappa shape index (κ3) is 4.98. The zero-order valence-electron chi connectivity index (χ0n) is 31.2. The molecule has 0 amide bonds. The van der Waals surface area contributed by atoms with Crippen LogP contribution in [-0.2, 0) is 0 Å². The highest BCUT2D eigenvalue weighted by molar-refractivity contribution is 6.29. The van der Waals surface area contributed by atoms with E-state index in [0.29, 0.717) is 0 Å². The standard InChI is InChI=1S/C52H32N6/c1-2-12-41-40(11-1)50-49(58-47-16-6-4-14-43(47)56-52(41)58)26-25-48-51(50)42-13-3-5-15-46(42)57(48)39-29-44(35-21-17-33(18-22-35)37-9-7-27-53-31-37)55-45(30-39)36-23-19-34(20-24-36)38-10-8-28-54-32-38/h1-32H. The highest BCUT2D eigenvalue weighted by atomic mass is 15.0. The fourth-order valence-electron chi connectivity index (χ4n) is 8.81. The molecule has 0 aliphatic heterocycles. The van der Waals surface area contributed by atoms with Crippen LogP contribution in [0.5, 0.6) is 0 Å². The molecule has 12 aromatic rings. The number of fused-ring (bicyclic) bond motifs is 12. The largest absolute Gasteiger partial charge is 0.309 e. The van der Waals surface area contributed by atoms with Gasteiger partial charge in [0.1, 0.15) is 5.65 Å². The zero-order chi connectivity index (χ0) is 38.2. The number of benzene rings is 6. The Morgan fingerprint density at radius 3 is 1.53 bits per heavy atom. The number of hydrogen-bond donors (Lipinski definition) is 0. The summed E-state index contributed by atoms with van der Waals surface area (Å²) in [6, 6.07) is 60.3. The van der Waals surface area contributed by atoms with E-state index >= 15 is 0 Å². The first-order chi connectivity index (χ1) is 28.8. The number of para-hydroxylation sites is 3. The molecule has 6 heteroatoms. The van der Waals surface area contributed by atoms with Crippen LogP contribution in [0.3, 0.4) is 0 Å². The predicted octanol–water partition coefficient (Wildman–Crippen LogP) is 12.7. The highest BCUT2D eigenvalue weighted by Gasteiger charge is 2.21. The van der Waals surface area contributed by atoms with Crippen molar-refractivity contribution >= 4 is 60.2 Å². The second-order valence-electron chi connectivity index (χ2n) is 14.7. The number of pyridine rings is 4. The minimum Gasteiger partial charge on any atom is -0.309 e. The number of hydrogen-bond acceptors (Lipinski definition) is 4. The van der Waals surface area contributed by atoms with Gasteiger partial charge in [-0.3, -0.25) is 14.4 Å². The Bertz CT molecular complexity index is 3430. The van der Waals surface area contributed by atoms with Crippen molar-refractivity contribution in [2.24, 2.45) is 0 Å². The summed E-state index contributed by atoms with van der Waals surface area (Å²) in [6.45, 7) is 0. The van der Waals surface area contributed by atoms with E-state index < -0.39 is 0 Å². The molecule has 6 heterocycles. The minimum atomic E-state index is 0.894. The van der Waals surface area contributed by atoms with Crippen LogP contribution in [0.25, 0.3) is 111 Å². The van der Waals surface area contributed by atoms with Crippen molar-refractivity contribution in [2.75, 3.05) is 0 Å². The Labute approximate surface area is 333 Å². The summed E-state index contributed by atoms with van der Waals surface area (Å²) in [7, 11) is 0. The van der Waals surface area contributed by atoms with Gasteiger partial charge in [0.25, 0.3) is 0 Å². The predicted molar refractivity (Wildman–Crippen MR) is 237 cm³/mol. The van der Waals surface area contributed by atoms with Gasteiger partial charge < -0.3 is 4.57 Å². The molecular weight excluding hydrogens is 709 g/mol. The molecule has 0 radical (unpaired) electrons. The van der Waals surface area contributed by atoms with E-state index in [2.05, 4.69) is 177 Å². The molecule has 0 saturated carbocycles. The van der Waals surface area contributed by atoms with Gasteiger partial charge in [-0.1, -0.05) is 115 Å². The van der Waals surface area contributed by atoms with Gasteiger partial charge in [-0.2, -0.15) is 0 Å². The van der Waals surface area contributed by atoms with Gasteiger partial charge in [0.05, 0.1) is 44.7 Å². The first-order valence-electron chi connectivity index (χ1n) is 19.4. The van der Waals surface area contributed by atoms with Crippen LogP contribution in [0.2, 0.25) is 0 Å². The molecule has 0 aliphatic rings. The Morgan fingerprint density at radius 1 is 0.362 bits per heavy atom. The van der Waals surface area contributed by atoms with Gasteiger partial charge in [0.15, 0.2) is 0 Å². The molecule has 0 bridgehead atoms. The normalized spacial score (nSPS) is 11.8. The van der Waals surface area contributed by atoms with Crippen LogP contribution >= 0.6 is 0 Å². The molecule has 0 N–H and O–H groups in total. The van der Waals surface area contributed by atoms with Crippen LogP contribution in [0.15, 0.2) is 195 Å². The van der Waals surface area contributed by atoms with Crippen molar-refractivity contribution in [1.29, 1.82) is 0 Å². The fourth-order valence-corrected chi connectivity index (χ4v) is 8.81. The summed E-state index contributed by atoms with van der Waals surface area (Å²) in [5.74, 6) is 0. The van der Waals surface area contributed by atoms with Gasteiger partial charge in [0, 0.05) is 57.5 Å². The van der Waals surface area contributed by atoms with Gasteiger partial charge >= 0.3 is 0 Å². The highest BCUT2D eigenvalue weighted by Crippen LogP contribution is 2.42. The van der Waals surface area contributed by atoms with E-state index in [0.717, 1.165) is 89.1 Å². The van der Waals surface area contributed by atoms with Crippen molar-refractivity contribution in [3.8, 4) is 50.5 Å². The van der Waals surface area contributed by atoms with Crippen LogP contribution in [0.1, 0.15) is 0 Å². The molecule has 0 saturated heterocycles. The molecule has 12 rings (SSSR count). The van der Waals surface area contributed by atoms with Gasteiger partial charge in [-0.15, -0.1) is 0 Å². The van der Waals surface area contributed by atoms with Crippen molar-refractivity contribution in [2.45, 2.75) is 0 Å². The average Bonchev–Trinajstić information content (AvgIpc) is 3.86. The SMILES string of the molecule is c1cncc(-c2ccc(-c3cc(-n4c5ccccc5c5c6c7ccccc7c7nc8ccccc8n7c6ccc54)cc(-c4ccc(-c5cccnc5)cc4)n3)cc2)c1. The summed E-state index contributed by atoms with van der Waals surface area (Å²) in [5.41, 5.74) is 15.7. The van der Waals surface area contributed by atoms with Crippen LogP contribution < -0.4 is 0 Å². The maximum Gasteiger partial charge on any atom is 0.146 e. The van der Waals surface area contributed by atoms with Crippen LogP contribution in [-0.4, -0.2) is 28.9 Å². The quantitative estimate of drug-likeness (QED) is 0.165. The summed E-state index contributed by atoms with van der Waals surface area (Å²) in [6.07, 6.45) is 7.41. The summed E-state index contributed by atoms with van der Waals surface area (Å²) in [4.78, 5) is 19.2. The van der Waals surface area contributed by atoms with E-state index in [1.54, 1.807) is 12.4 Å². The molecule has 6 nitrogen and oxygen atoms in total. The lowest BCUT2D eigenvalue weighted by molar-refractivity contribution is 1.16. The van der Waals surface area contributed by atoms with Crippen LogP contribution in [0, 0.1) is 0 Å². The topological polar surface area (TPSA) is 60.9 Å². The second-order valence-corrected chi connectivity index (χ2v) is 14.7. The molecule has 6 aromatic carbocycles. The Hall–Kier alpha value is -7.96. The first-order valence-corrected chi connectivity index (χ1v) is 19.4. The van der Waals surface area contributed by atoms with E-state index in [1.165, 1.54) is 21.5 Å². The van der Waals surface area contributed by atoms with Gasteiger partial charge in [-0.05, 0) is 82.2 Å². The summed E-state index contributed by atoms with van der Waals surface area (Å²) < 4.78 is 4.75. The summed E-state index contributed by atoms with van der Waals surface area (Å²) >= 11 is 0. The summed E-state index contributed by atoms with van der Waals surface area (Å²) in [5, 5.41) is 5.94. The Morgan fingerprint density at radius 2 is 0.897 bits per heavy atom. The Balaban J connectivity index is 1.13. The lowest BCUT2D eigenvalue weighted by atomic mass is 10.0. The molecule has 0 unspecified atom stereocenters. The van der Waals surface area contributed by atoms with E-state index in [1.807, 2.05) is 24.5 Å².